The van der Waals surface area contributed by atoms with Gasteiger partial charge in [0.05, 0.1) is 31.7 Å². The van der Waals surface area contributed by atoms with E-state index in [0.29, 0.717) is 29.3 Å². The Kier molecular flexibility index (Phi) is 29.2. The van der Waals surface area contributed by atoms with Gasteiger partial charge >= 0.3 is 6.09 Å². The molecule has 6 rings (SSSR count). The molecule has 0 spiro atoms. The first-order valence-corrected chi connectivity index (χ1v) is 19.3. The summed E-state index contributed by atoms with van der Waals surface area (Å²) in [5.41, 5.74) is 14.8. The van der Waals surface area contributed by atoms with Crippen LogP contribution in [0.1, 0.15) is 66.2 Å². The van der Waals surface area contributed by atoms with Crippen molar-refractivity contribution < 1.29 is 28.7 Å². The molecule has 6 N–H and O–H groups in total. The van der Waals surface area contributed by atoms with E-state index >= 15 is 0 Å². The molecule has 2 aromatic heterocycles. The number of hydrogen-bond donors (Lipinski definition) is 4. The van der Waals surface area contributed by atoms with E-state index in [9.17, 15) is 14.4 Å². The van der Waals surface area contributed by atoms with E-state index < -0.39 is 6.09 Å². The van der Waals surface area contributed by atoms with Gasteiger partial charge in [-0.25, -0.2) is 14.8 Å². The van der Waals surface area contributed by atoms with E-state index in [4.69, 9.17) is 16.4 Å². The first-order valence-electron chi connectivity index (χ1n) is 18.9. The summed E-state index contributed by atoms with van der Waals surface area (Å²) in [6.07, 6.45) is 12.2. The Balaban J connectivity index is 0.000000767. The summed E-state index contributed by atoms with van der Waals surface area (Å²) in [4.78, 5) is 57.6. The van der Waals surface area contributed by atoms with Gasteiger partial charge in [0, 0.05) is 45.7 Å². The Morgan fingerprint density at radius 3 is 1.58 bits per heavy atom. The van der Waals surface area contributed by atoms with Crippen LogP contribution in [-0.2, 0) is 23.9 Å². The fourth-order valence-electron chi connectivity index (χ4n) is 5.07. The summed E-state index contributed by atoms with van der Waals surface area (Å²) in [6.45, 7) is 12.8. The van der Waals surface area contributed by atoms with Crippen LogP contribution in [0, 0.1) is 11.8 Å². The minimum Gasteiger partial charge on any atom is -0.453 e. The molecule has 0 saturated carbocycles. The second-order valence-electron chi connectivity index (χ2n) is 13.7. The average molecular weight is 813 g/mol. The molecule has 2 saturated heterocycles. The molecule has 3 amide bonds. The van der Waals surface area contributed by atoms with Crippen LogP contribution in [0.4, 0.5) is 4.79 Å². The predicted molar refractivity (Wildman–Crippen MR) is 229 cm³/mol. The molecule has 0 atom stereocenters. The molecule has 0 radical (unpaired) electrons. The molecule has 2 fully saturated rings. The third kappa shape index (κ3) is 24.3. The molecule has 4 heterocycles. The number of likely N-dealkylation sites (tertiary alicyclic amines) is 2. The van der Waals surface area contributed by atoms with Crippen molar-refractivity contribution in [1.29, 1.82) is 0 Å². The Bertz CT molecular complexity index is 1600. The number of methoxy groups -OCH3 is 2. The van der Waals surface area contributed by atoms with Gasteiger partial charge in [-0.05, 0) is 74.3 Å². The number of aromatic nitrogens is 4. The number of halogens is 1. The van der Waals surface area contributed by atoms with E-state index in [1.807, 2.05) is 37.1 Å². The lowest BCUT2D eigenvalue weighted by atomic mass is 10.0. The van der Waals surface area contributed by atoms with Crippen LogP contribution in [-0.4, -0.2) is 109 Å². The van der Waals surface area contributed by atoms with E-state index in [-0.39, 0.29) is 6.41 Å². The zero-order valence-corrected chi connectivity index (χ0v) is 35.8. The number of primary amides is 2. The molecular weight excluding hydrogens is 748 g/mol. The molecule has 15 heteroatoms. The molecular formula is C42H65ClN8O6. The highest BCUT2D eigenvalue weighted by atomic mass is 35.5. The summed E-state index contributed by atoms with van der Waals surface area (Å²) >= 11 is 6.07. The van der Waals surface area contributed by atoms with Gasteiger partial charge in [0.2, 0.25) is 12.3 Å². The SMILES string of the molecule is CC(C)CC(=O)N1CCCC1.CC(C)CC=O.CN1CCCC1.COC.COC(N)=O.Clc1[nH]cnc1-c1ccc(-c2ccc(-c3cnc[nH]3)cc2)cc1.NC=O. The Morgan fingerprint density at radius 1 is 0.807 bits per heavy atom. The number of benzene rings is 2. The number of aldehydes is 1. The first kappa shape index (κ1) is 52.0. The number of hydrogen-bond acceptors (Lipinski definition) is 9. The summed E-state index contributed by atoms with van der Waals surface area (Å²) < 4.78 is 8.14. The first-order chi connectivity index (χ1) is 27.3. The zero-order chi connectivity index (χ0) is 43.0. The predicted octanol–water partition coefficient (Wildman–Crippen LogP) is 7.46. The lowest BCUT2D eigenvalue weighted by molar-refractivity contribution is -0.130. The fourth-order valence-corrected chi connectivity index (χ4v) is 5.28. The number of nitrogens with one attached hydrogen (secondary N) is 2. The zero-order valence-electron chi connectivity index (χ0n) is 35.0. The van der Waals surface area contributed by atoms with Crippen LogP contribution >= 0.6 is 11.6 Å². The molecule has 57 heavy (non-hydrogen) atoms. The van der Waals surface area contributed by atoms with Crippen molar-refractivity contribution in [2.45, 2.75) is 66.2 Å². The lowest BCUT2D eigenvalue weighted by Crippen LogP contribution is -2.28. The quantitative estimate of drug-likeness (QED) is 0.137. The summed E-state index contributed by atoms with van der Waals surface area (Å²) in [6, 6.07) is 16.6. The minimum atomic E-state index is -0.745. The molecule has 2 aliphatic heterocycles. The van der Waals surface area contributed by atoms with Crippen molar-refractivity contribution in [3.05, 3.63) is 72.5 Å². The van der Waals surface area contributed by atoms with Crippen LogP contribution in [0.5, 0.6) is 0 Å². The van der Waals surface area contributed by atoms with Gasteiger partial charge in [0.1, 0.15) is 17.1 Å². The maximum absolute atomic E-state index is 11.4. The van der Waals surface area contributed by atoms with E-state index in [0.717, 1.165) is 59.4 Å². The highest BCUT2D eigenvalue weighted by Gasteiger charge is 2.18. The Labute approximate surface area is 344 Å². The molecule has 4 aromatic rings. The number of carbonyl (C=O) groups is 4. The highest BCUT2D eigenvalue weighted by Crippen LogP contribution is 2.28. The number of ether oxygens (including phenoxy) is 2. The third-order valence-corrected chi connectivity index (χ3v) is 8.21. The summed E-state index contributed by atoms with van der Waals surface area (Å²) in [5, 5.41) is 0.557. The van der Waals surface area contributed by atoms with Crippen molar-refractivity contribution in [3.8, 4) is 33.6 Å². The number of imidazole rings is 2. The van der Waals surface area contributed by atoms with E-state index in [1.54, 1.807) is 26.9 Å². The standard InChI is InChI=1S/C18H13ClN4.C9H17NO.C5H11N.C5H10O.C2H5NO2.C2H6O.CH3NO/c19-18-17(22-11-23-18)15-7-3-13(4-8-15)12-1-5-14(6-2-12)16-9-20-10-21-16;1-8(2)7-9(11)10-5-3-4-6-10;1-6-4-2-3-5-6;1-5(2)3-4-6;1-5-2(3)4;1-3-2;2-1-3/h1-11H,(H,20,21)(H,22,23);8H,3-7H2,1-2H3;2-5H2,1H3;4-5H,3H2,1-2H3;1H3,(H2,3,4);1-2H3;1H,(H2,2,3). The molecule has 0 aliphatic carbocycles. The largest absolute Gasteiger partial charge is 0.453 e. The number of nitrogens with two attached hydrogens (primary N) is 2. The number of nitrogens with zero attached hydrogens (tertiary/aromatic N) is 4. The number of aromatic amines is 2. The molecule has 2 aromatic carbocycles. The highest BCUT2D eigenvalue weighted by molar-refractivity contribution is 6.31. The average Bonchev–Trinajstić information content (AvgIpc) is 4.03. The van der Waals surface area contributed by atoms with Gasteiger partial charge in [0.25, 0.3) is 0 Å². The Morgan fingerprint density at radius 2 is 1.26 bits per heavy atom. The normalized spacial score (nSPS) is 12.6. The molecule has 2 aliphatic rings. The second-order valence-corrected chi connectivity index (χ2v) is 14.1. The van der Waals surface area contributed by atoms with Gasteiger partial charge in [-0.15, -0.1) is 0 Å². The number of amides is 3. The van der Waals surface area contributed by atoms with Crippen LogP contribution in [0.2, 0.25) is 5.15 Å². The van der Waals surface area contributed by atoms with E-state index in [1.165, 1.54) is 45.9 Å². The third-order valence-electron chi connectivity index (χ3n) is 7.92. The lowest BCUT2D eigenvalue weighted by Gasteiger charge is -2.16. The maximum Gasteiger partial charge on any atom is 0.404 e. The molecule has 14 nitrogen and oxygen atoms in total. The number of H-pyrrole nitrogens is 2. The van der Waals surface area contributed by atoms with Crippen LogP contribution in [0.15, 0.2) is 67.4 Å². The maximum atomic E-state index is 11.4. The molecule has 0 bridgehead atoms. The minimum absolute atomic E-state index is 0.250. The van der Waals surface area contributed by atoms with E-state index in [2.05, 4.69) is 103 Å². The van der Waals surface area contributed by atoms with Gasteiger partial charge in [-0.2, -0.15) is 0 Å². The second kappa shape index (κ2) is 32.1. The van der Waals surface area contributed by atoms with Crippen molar-refractivity contribution in [3.63, 3.8) is 0 Å². The van der Waals surface area contributed by atoms with Crippen LogP contribution in [0.3, 0.4) is 0 Å². The van der Waals surface area contributed by atoms with Crippen molar-refractivity contribution in [1.82, 2.24) is 29.7 Å². The van der Waals surface area contributed by atoms with Crippen molar-refractivity contribution >= 4 is 36.3 Å². The van der Waals surface area contributed by atoms with Gasteiger partial charge in [-0.1, -0.05) is 87.8 Å². The van der Waals surface area contributed by atoms with Crippen molar-refractivity contribution in [2.75, 3.05) is 54.6 Å². The molecule has 316 valence electrons. The summed E-state index contributed by atoms with van der Waals surface area (Å²) in [5.74, 6) is 1.38. The topological polar surface area (TPSA) is 203 Å². The van der Waals surface area contributed by atoms with Gasteiger partial charge in [0.15, 0.2) is 0 Å². The van der Waals surface area contributed by atoms with Gasteiger partial charge in [-0.3, -0.25) is 9.59 Å². The molecule has 0 unspecified atom stereocenters. The van der Waals surface area contributed by atoms with Crippen LogP contribution < -0.4 is 11.5 Å². The van der Waals surface area contributed by atoms with Crippen molar-refractivity contribution in [2.24, 2.45) is 23.3 Å². The Hall–Kier alpha value is -5.05. The number of carbonyl (C=O) groups excluding carboxylic acids is 4. The fraction of sp³-hybridized carbons (Fsp3) is 0.476. The smallest absolute Gasteiger partial charge is 0.404 e. The summed E-state index contributed by atoms with van der Waals surface area (Å²) in [7, 11) is 6.65. The monoisotopic (exact) mass is 812 g/mol. The number of rotatable bonds is 7. The van der Waals surface area contributed by atoms with Gasteiger partial charge < -0.3 is 45.5 Å². The van der Waals surface area contributed by atoms with Crippen LogP contribution in [0.25, 0.3) is 33.6 Å².